The predicted octanol–water partition coefficient (Wildman–Crippen LogP) is 4.13. The van der Waals surface area contributed by atoms with Gasteiger partial charge in [-0.25, -0.2) is 4.79 Å². The number of carbonyl (C=O) groups is 1. The summed E-state index contributed by atoms with van der Waals surface area (Å²) in [6.07, 6.45) is 9.38. The molecule has 2 aliphatic rings. The standard InChI is InChI=1S/C21H30O4/c1-14-7-10-21(3)16(19(23)24-4)5-6-17(22)18(21)20(14,2)11-8-15-9-12-25-13-15/h5,9,12-14,17-18,22H,6-8,10-11H2,1-4H3/t14-,17+,18-,20+,21+/m1/s1. The van der Waals surface area contributed by atoms with E-state index < -0.39 is 6.10 Å². The molecule has 3 rings (SSSR count). The van der Waals surface area contributed by atoms with Crippen LogP contribution in [0.1, 0.15) is 52.0 Å². The van der Waals surface area contributed by atoms with Crippen LogP contribution in [0.3, 0.4) is 0 Å². The molecule has 0 saturated heterocycles. The first-order valence-corrected chi connectivity index (χ1v) is 9.31. The summed E-state index contributed by atoms with van der Waals surface area (Å²) in [5.41, 5.74) is 1.57. The maximum atomic E-state index is 12.4. The van der Waals surface area contributed by atoms with Gasteiger partial charge in [-0.05, 0) is 55.1 Å². The number of ether oxygens (including phenoxy) is 1. The number of rotatable bonds is 4. The number of carbonyl (C=O) groups excluding carboxylic acids is 1. The highest BCUT2D eigenvalue weighted by molar-refractivity contribution is 5.90. The average Bonchev–Trinajstić information content (AvgIpc) is 3.10. The normalized spacial score (nSPS) is 38.0. The van der Waals surface area contributed by atoms with Crippen LogP contribution in [0.15, 0.2) is 34.7 Å². The van der Waals surface area contributed by atoms with Crippen molar-refractivity contribution in [3.63, 3.8) is 0 Å². The summed E-state index contributed by atoms with van der Waals surface area (Å²) in [6, 6.07) is 2.01. The number of aryl methyl sites for hydroxylation is 1. The topological polar surface area (TPSA) is 59.7 Å². The van der Waals surface area contributed by atoms with Crippen molar-refractivity contribution in [1.29, 1.82) is 0 Å². The van der Waals surface area contributed by atoms with Crippen molar-refractivity contribution in [2.24, 2.45) is 22.7 Å². The van der Waals surface area contributed by atoms with E-state index in [1.165, 1.54) is 12.7 Å². The third kappa shape index (κ3) is 2.95. The number of aliphatic hydroxyl groups is 1. The van der Waals surface area contributed by atoms with Crippen molar-refractivity contribution >= 4 is 5.97 Å². The molecule has 0 radical (unpaired) electrons. The van der Waals surface area contributed by atoms with E-state index in [1.807, 2.05) is 12.1 Å². The van der Waals surface area contributed by atoms with E-state index in [-0.39, 0.29) is 22.7 Å². The summed E-state index contributed by atoms with van der Waals surface area (Å²) >= 11 is 0. The van der Waals surface area contributed by atoms with Crippen molar-refractivity contribution in [2.45, 2.75) is 59.0 Å². The Hall–Kier alpha value is -1.55. The first kappa shape index (κ1) is 18.2. The van der Waals surface area contributed by atoms with Crippen molar-refractivity contribution in [2.75, 3.05) is 7.11 Å². The predicted molar refractivity (Wildman–Crippen MR) is 95.9 cm³/mol. The van der Waals surface area contributed by atoms with Crippen LogP contribution in [-0.4, -0.2) is 24.3 Å². The number of hydrogen-bond acceptors (Lipinski definition) is 4. The van der Waals surface area contributed by atoms with Gasteiger partial charge in [0.15, 0.2) is 0 Å². The lowest BCUT2D eigenvalue weighted by molar-refractivity contribution is -0.145. The second-order valence-electron chi connectivity index (χ2n) is 8.38. The van der Waals surface area contributed by atoms with E-state index in [9.17, 15) is 9.90 Å². The molecular formula is C21H30O4. The van der Waals surface area contributed by atoms with Crippen LogP contribution >= 0.6 is 0 Å². The molecule has 1 saturated carbocycles. The van der Waals surface area contributed by atoms with Crippen molar-refractivity contribution < 1.29 is 19.1 Å². The van der Waals surface area contributed by atoms with Crippen LogP contribution in [0.5, 0.6) is 0 Å². The maximum Gasteiger partial charge on any atom is 0.333 e. The van der Waals surface area contributed by atoms with Crippen molar-refractivity contribution in [3.8, 4) is 0 Å². The molecule has 1 heterocycles. The lowest BCUT2D eigenvalue weighted by atomic mass is 9.46. The Labute approximate surface area is 150 Å². The minimum atomic E-state index is -0.421. The van der Waals surface area contributed by atoms with Gasteiger partial charge in [0.2, 0.25) is 0 Å². The van der Waals surface area contributed by atoms with Crippen LogP contribution in [0.4, 0.5) is 0 Å². The second kappa shape index (κ2) is 6.64. The fourth-order valence-corrected chi connectivity index (χ4v) is 5.49. The third-order valence-electron chi connectivity index (χ3n) is 7.12. The Kier molecular flexibility index (Phi) is 4.84. The molecule has 1 fully saturated rings. The van der Waals surface area contributed by atoms with Crippen molar-refractivity contribution in [1.82, 2.24) is 0 Å². The Balaban J connectivity index is 1.95. The summed E-state index contributed by atoms with van der Waals surface area (Å²) in [4.78, 5) is 12.4. The zero-order valence-corrected chi connectivity index (χ0v) is 15.7. The van der Waals surface area contributed by atoms with Crippen LogP contribution < -0.4 is 0 Å². The lowest BCUT2D eigenvalue weighted by Gasteiger charge is -2.59. The maximum absolute atomic E-state index is 12.4. The fraction of sp³-hybridized carbons (Fsp3) is 0.667. The highest BCUT2D eigenvalue weighted by atomic mass is 16.5. The largest absolute Gasteiger partial charge is 0.472 e. The van der Waals surface area contributed by atoms with Gasteiger partial charge in [0.1, 0.15) is 0 Å². The fourth-order valence-electron chi connectivity index (χ4n) is 5.49. The van der Waals surface area contributed by atoms with Gasteiger partial charge in [-0.3, -0.25) is 0 Å². The first-order valence-electron chi connectivity index (χ1n) is 9.31. The SMILES string of the molecule is COC(=O)C1=CC[C@H](O)[C@@H]2[C@@](C)(CCc3ccoc3)[C@H](C)CC[C@@]12C. The average molecular weight is 346 g/mol. The summed E-state index contributed by atoms with van der Waals surface area (Å²) in [5.74, 6) is 0.296. The third-order valence-corrected chi connectivity index (χ3v) is 7.12. The minimum absolute atomic E-state index is 0.0444. The van der Waals surface area contributed by atoms with Gasteiger partial charge >= 0.3 is 5.97 Å². The second-order valence-corrected chi connectivity index (χ2v) is 8.38. The molecule has 2 aliphatic carbocycles. The molecule has 0 unspecified atom stereocenters. The molecule has 1 aromatic heterocycles. The number of aliphatic hydroxyl groups excluding tert-OH is 1. The van der Waals surface area contributed by atoms with E-state index in [0.717, 1.165) is 31.3 Å². The van der Waals surface area contributed by atoms with Crippen LogP contribution in [0.25, 0.3) is 0 Å². The molecule has 0 bridgehead atoms. The Morgan fingerprint density at radius 1 is 1.44 bits per heavy atom. The van der Waals surface area contributed by atoms with Gasteiger partial charge in [0.05, 0.1) is 25.7 Å². The Bertz CT molecular complexity index is 647. The van der Waals surface area contributed by atoms with E-state index in [2.05, 4.69) is 20.8 Å². The summed E-state index contributed by atoms with van der Waals surface area (Å²) in [7, 11) is 1.44. The molecule has 0 aromatic carbocycles. The number of methoxy groups -OCH3 is 1. The van der Waals surface area contributed by atoms with Gasteiger partial charge < -0.3 is 14.3 Å². The highest BCUT2D eigenvalue weighted by Crippen LogP contribution is 2.61. The quantitative estimate of drug-likeness (QED) is 0.833. The van der Waals surface area contributed by atoms with Gasteiger partial charge in [0, 0.05) is 16.9 Å². The molecule has 4 nitrogen and oxygen atoms in total. The Morgan fingerprint density at radius 2 is 2.20 bits per heavy atom. The van der Waals surface area contributed by atoms with E-state index in [1.54, 1.807) is 12.5 Å². The molecule has 1 N–H and O–H groups in total. The van der Waals surface area contributed by atoms with Crippen molar-refractivity contribution in [3.05, 3.63) is 35.8 Å². The lowest BCUT2D eigenvalue weighted by Crippen LogP contribution is -2.56. The van der Waals surface area contributed by atoms with E-state index in [4.69, 9.17) is 9.15 Å². The zero-order chi connectivity index (χ0) is 18.2. The molecule has 0 spiro atoms. The zero-order valence-electron chi connectivity index (χ0n) is 15.7. The van der Waals surface area contributed by atoms with E-state index in [0.29, 0.717) is 12.3 Å². The van der Waals surface area contributed by atoms with Gasteiger partial charge in [-0.2, -0.15) is 0 Å². The highest BCUT2D eigenvalue weighted by Gasteiger charge is 2.58. The molecule has 0 amide bonds. The molecule has 4 heteroatoms. The summed E-state index contributed by atoms with van der Waals surface area (Å²) < 4.78 is 10.3. The first-order chi connectivity index (χ1) is 11.8. The molecule has 25 heavy (non-hydrogen) atoms. The molecule has 1 aromatic rings. The van der Waals surface area contributed by atoms with Crippen LogP contribution in [-0.2, 0) is 16.0 Å². The monoisotopic (exact) mass is 346 g/mol. The molecule has 5 atom stereocenters. The number of hydrogen-bond donors (Lipinski definition) is 1. The molecule has 0 aliphatic heterocycles. The summed E-state index contributed by atoms with van der Waals surface area (Å²) in [5, 5.41) is 10.9. The van der Waals surface area contributed by atoms with Gasteiger partial charge in [-0.1, -0.05) is 26.8 Å². The van der Waals surface area contributed by atoms with E-state index >= 15 is 0 Å². The number of esters is 1. The minimum Gasteiger partial charge on any atom is -0.472 e. The molecular weight excluding hydrogens is 316 g/mol. The Morgan fingerprint density at radius 3 is 2.84 bits per heavy atom. The van der Waals surface area contributed by atoms with Gasteiger partial charge in [0.25, 0.3) is 0 Å². The molecule has 138 valence electrons. The van der Waals surface area contributed by atoms with Gasteiger partial charge in [-0.15, -0.1) is 0 Å². The number of fused-ring (bicyclic) bond motifs is 1. The summed E-state index contributed by atoms with van der Waals surface area (Å²) in [6.45, 7) is 6.73. The van der Waals surface area contributed by atoms with Crippen LogP contribution in [0.2, 0.25) is 0 Å². The smallest absolute Gasteiger partial charge is 0.333 e. The number of furan rings is 1. The van der Waals surface area contributed by atoms with Crippen LogP contribution in [0, 0.1) is 22.7 Å².